The number of carbonyl (C=O) groups is 2. The number of hydrogen-bond acceptors (Lipinski definition) is 2. The van der Waals surface area contributed by atoms with Crippen molar-refractivity contribution in [2.24, 2.45) is 0 Å². The fourth-order valence-electron chi connectivity index (χ4n) is 2.50. The van der Waals surface area contributed by atoms with E-state index in [2.05, 4.69) is 10.6 Å². The van der Waals surface area contributed by atoms with Crippen molar-refractivity contribution in [2.75, 3.05) is 5.32 Å². The smallest absolute Gasteiger partial charge is 0.272 e. The predicted molar refractivity (Wildman–Crippen MR) is 108 cm³/mol. The number of para-hydroxylation sites is 1. The Kier molecular flexibility index (Phi) is 5.97. The van der Waals surface area contributed by atoms with E-state index in [-0.39, 0.29) is 11.5 Å². The molecule has 2 N–H and O–H groups in total. The molecule has 0 saturated carbocycles. The number of hydrogen-bond donors (Lipinski definition) is 2. The van der Waals surface area contributed by atoms with Crippen molar-refractivity contribution in [2.45, 2.75) is 6.92 Å². The summed E-state index contributed by atoms with van der Waals surface area (Å²) in [6.07, 6.45) is 1.50. The lowest BCUT2D eigenvalue weighted by molar-refractivity contribution is -0.113. The molecule has 0 bridgehead atoms. The third-order valence-corrected chi connectivity index (χ3v) is 4.02. The highest BCUT2D eigenvalue weighted by molar-refractivity contribution is 6.10. The summed E-state index contributed by atoms with van der Waals surface area (Å²) in [5, 5.41) is 5.40. The van der Waals surface area contributed by atoms with Gasteiger partial charge in [0.1, 0.15) is 11.5 Å². The van der Waals surface area contributed by atoms with Crippen molar-refractivity contribution in [1.82, 2.24) is 5.32 Å². The number of amides is 2. The first kappa shape index (κ1) is 19.0. The number of carbonyl (C=O) groups excluding carboxylic acids is 2. The van der Waals surface area contributed by atoms with Crippen molar-refractivity contribution in [3.05, 3.63) is 107 Å². The fraction of sp³-hybridized carbons (Fsp3) is 0.0435. The topological polar surface area (TPSA) is 58.2 Å². The minimum atomic E-state index is -0.476. The summed E-state index contributed by atoms with van der Waals surface area (Å²) in [7, 11) is 0. The lowest BCUT2D eigenvalue weighted by Gasteiger charge is -2.11. The van der Waals surface area contributed by atoms with Crippen LogP contribution < -0.4 is 10.6 Å². The number of nitrogens with one attached hydrogen (secondary N) is 2. The predicted octanol–water partition coefficient (Wildman–Crippen LogP) is 4.54. The number of halogens is 1. The molecule has 140 valence electrons. The summed E-state index contributed by atoms with van der Waals surface area (Å²) in [6.45, 7) is 1.93. The van der Waals surface area contributed by atoms with Gasteiger partial charge in [-0.2, -0.15) is 0 Å². The maximum absolute atomic E-state index is 13.2. The van der Waals surface area contributed by atoms with Gasteiger partial charge in [-0.15, -0.1) is 0 Å². The van der Waals surface area contributed by atoms with E-state index in [1.807, 2.05) is 25.1 Å². The lowest BCUT2D eigenvalue weighted by Crippen LogP contribution is -2.30. The molecule has 0 atom stereocenters. The van der Waals surface area contributed by atoms with Crippen LogP contribution >= 0.6 is 0 Å². The fourth-order valence-corrected chi connectivity index (χ4v) is 2.50. The summed E-state index contributed by atoms with van der Waals surface area (Å²) in [5.74, 6) is -1.26. The van der Waals surface area contributed by atoms with E-state index in [0.29, 0.717) is 16.8 Å². The van der Waals surface area contributed by atoms with E-state index in [1.54, 1.807) is 36.4 Å². The largest absolute Gasteiger partial charge is 0.321 e. The Hall–Kier alpha value is -3.73. The van der Waals surface area contributed by atoms with Gasteiger partial charge in [0.05, 0.1) is 0 Å². The zero-order valence-electron chi connectivity index (χ0n) is 15.3. The third kappa shape index (κ3) is 5.14. The molecule has 0 aliphatic rings. The molecule has 3 aromatic carbocycles. The number of benzene rings is 3. The van der Waals surface area contributed by atoms with E-state index < -0.39 is 11.8 Å². The normalized spacial score (nSPS) is 11.0. The van der Waals surface area contributed by atoms with Gasteiger partial charge in [0, 0.05) is 11.3 Å². The highest BCUT2D eigenvalue weighted by Gasteiger charge is 2.15. The quantitative estimate of drug-likeness (QED) is 0.644. The second-order valence-corrected chi connectivity index (χ2v) is 6.25. The molecule has 0 heterocycles. The van der Waals surface area contributed by atoms with E-state index in [0.717, 1.165) is 5.56 Å². The Balaban J connectivity index is 1.87. The molecule has 0 aliphatic carbocycles. The molecule has 3 rings (SSSR count). The molecular formula is C23H19FN2O2. The second kappa shape index (κ2) is 8.77. The van der Waals surface area contributed by atoms with Crippen molar-refractivity contribution in [3.8, 4) is 0 Å². The van der Waals surface area contributed by atoms with Gasteiger partial charge in [-0.05, 0) is 55.0 Å². The minimum absolute atomic E-state index is 0.0565. The molecule has 0 aromatic heterocycles. The van der Waals surface area contributed by atoms with Gasteiger partial charge in [-0.3, -0.25) is 9.59 Å². The van der Waals surface area contributed by atoms with Crippen LogP contribution in [-0.2, 0) is 4.79 Å². The first-order chi connectivity index (χ1) is 13.5. The highest BCUT2D eigenvalue weighted by atomic mass is 19.1. The van der Waals surface area contributed by atoms with E-state index in [1.165, 1.54) is 30.3 Å². The molecule has 4 nitrogen and oxygen atoms in total. The molecule has 0 spiro atoms. The van der Waals surface area contributed by atoms with Crippen LogP contribution in [0.25, 0.3) is 6.08 Å². The van der Waals surface area contributed by atoms with Crippen molar-refractivity contribution in [1.29, 1.82) is 0 Å². The van der Waals surface area contributed by atoms with Crippen LogP contribution in [0.4, 0.5) is 10.1 Å². The summed E-state index contributed by atoms with van der Waals surface area (Å²) < 4.78 is 13.2. The summed E-state index contributed by atoms with van der Waals surface area (Å²) in [5.41, 5.74) is 2.70. The second-order valence-electron chi connectivity index (χ2n) is 6.25. The van der Waals surface area contributed by atoms with Gasteiger partial charge in [0.2, 0.25) is 0 Å². The minimum Gasteiger partial charge on any atom is -0.321 e. The first-order valence-electron chi connectivity index (χ1n) is 8.73. The molecule has 0 aliphatic heterocycles. The van der Waals surface area contributed by atoms with Crippen LogP contribution in [0.15, 0.2) is 84.6 Å². The summed E-state index contributed by atoms with van der Waals surface area (Å²) in [4.78, 5) is 25.3. The standard InChI is InChI=1S/C23H19FN2O2/c1-16-7-11-18(12-8-16)22(27)26-21(15-17-9-13-19(24)14-10-17)23(28)25-20-5-3-2-4-6-20/h2-15H,1H3,(H,25,28)(H,26,27). The van der Waals surface area contributed by atoms with Gasteiger partial charge in [-0.1, -0.05) is 48.0 Å². The van der Waals surface area contributed by atoms with Crippen LogP contribution in [0.2, 0.25) is 0 Å². The Morgan fingerprint density at radius 2 is 1.50 bits per heavy atom. The molecule has 3 aromatic rings. The summed E-state index contributed by atoms with van der Waals surface area (Å²) >= 11 is 0. The lowest BCUT2D eigenvalue weighted by atomic mass is 10.1. The van der Waals surface area contributed by atoms with Crippen LogP contribution in [-0.4, -0.2) is 11.8 Å². The maximum atomic E-state index is 13.2. The molecule has 0 radical (unpaired) electrons. The number of rotatable bonds is 5. The van der Waals surface area contributed by atoms with Crippen molar-refractivity contribution < 1.29 is 14.0 Å². The molecule has 2 amide bonds. The average Bonchev–Trinajstić information content (AvgIpc) is 2.70. The molecular weight excluding hydrogens is 355 g/mol. The molecule has 5 heteroatoms. The monoisotopic (exact) mass is 374 g/mol. The first-order valence-corrected chi connectivity index (χ1v) is 8.73. The van der Waals surface area contributed by atoms with Crippen LogP contribution in [0, 0.1) is 12.7 Å². The van der Waals surface area contributed by atoms with E-state index in [9.17, 15) is 14.0 Å². The maximum Gasteiger partial charge on any atom is 0.272 e. The Morgan fingerprint density at radius 3 is 2.14 bits per heavy atom. The summed E-state index contributed by atoms with van der Waals surface area (Å²) in [6, 6.07) is 21.6. The zero-order chi connectivity index (χ0) is 19.9. The molecule has 0 fully saturated rings. The van der Waals surface area contributed by atoms with Gasteiger partial charge in [-0.25, -0.2) is 4.39 Å². The Bertz CT molecular complexity index is 995. The molecule has 28 heavy (non-hydrogen) atoms. The van der Waals surface area contributed by atoms with Gasteiger partial charge in [0.15, 0.2) is 0 Å². The van der Waals surface area contributed by atoms with Crippen LogP contribution in [0.5, 0.6) is 0 Å². The van der Waals surface area contributed by atoms with E-state index in [4.69, 9.17) is 0 Å². The van der Waals surface area contributed by atoms with Crippen molar-refractivity contribution >= 4 is 23.6 Å². The van der Waals surface area contributed by atoms with Crippen LogP contribution in [0.3, 0.4) is 0 Å². The third-order valence-electron chi connectivity index (χ3n) is 4.02. The van der Waals surface area contributed by atoms with Gasteiger partial charge < -0.3 is 10.6 Å². The van der Waals surface area contributed by atoms with Gasteiger partial charge >= 0.3 is 0 Å². The molecule has 0 saturated heterocycles. The van der Waals surface area contributed by atoms with E-state index >= 15 is 0 Å². The van der Waals surface area contributed by atoms with Crippen LogP contribution in [0.1, 0.15) is 21.5 Å². The highest BCUT2D eigenvalue weighted by Crippen LogP contribution is 2.12. The number of aryl methyl sites for hydroxylation is 1. The average molecular weight is 374 g/mol. The number of anilines is 1. The van der Waals surface area contributed by atoms with Gasteiger partial charge in [0.25, 0.3) is 11.8 Å². The Labute approximate surface area is 162 Å². The molecule has 0 unspecified atom stereocenters. The SMILES string of the molecule is Cc1ccc(C(=O)NC(=Cc2ccc(F)cc2)C(=O)Nc2ccccc2)cc1. The van der Waals surface area contributed by atoms with Crippen molar-refractivity contribution in [3.63, 3.8) is 0 Å². The Morgan fingerprint density at radius 1 is 0.857 bits per heavy atom. The zero-order valence-corrected chi connectivity index (χ0v) is 15.3.